The first-order valence-corrected chi connectivity index (χ1v) is 6.65. The van der Waals surface area contributed by atoms with Crippen LogP contribution in [0, 0.1) is 0 Å². The van der Waals surface area contributed by atoms with E-state index in [0.717, 1.165) is 12.5 Å². The first kappa shape index (κ1) is 13.4. The third kappa shape index (κ3) is 9.47. The molecule has 0 saturated carbocycles. The van der Waals surface area contributed by atoms with Crippen LogP contribution in [0.25, 0.3) is 0 Å². The summed E-state index contributed by atoms with van der Waals surface area (Å²) < 4.78 is 10.4. The second-order valence-electron chi connectivity index (χ2n) is 3.29. The lowest BCUT2D eigenvalue weighted by molar-refractivity contribution is -0.137. The van der Waals surface area contributed by atoms with Gasteiger partial charge in [-0.25, -0.2) is 4.79 Å². The molecule has 0 amide bonds. The van der Waals surface area contributed by atoms with Gasteiger partial charge >= 0.3 is 5.97 Å². The molecule has 0 aromatic rings. The Morgan fingerprint density at radius 3 is 2.79 bits per heavy atom. The lowest BCUT2D eigenvalue weighted by Gasteiger charge is -2.06. The molecule has 4 heteroatoms. The van der Waals surface area contributed by atoms with Gasteiger partial charge in [-0.15, -0.1) is 0 Å². The van der Waals surface area contributed by atoms with E-state index in [2.05, 4.69) is 0 Å². The molecule has 0 heterocycles. The van der Waals surface area contributed by atoms with Gasteiger partial charge in [0.15, 0.2) is 9.76 Å². The highest BCUT2D eigenvalue weighted by atomic mass is 28.2. The van der Waals surface area contributed by atoms with E-state index in [1.54, 1.807) is 13.0 Å². The molecule has 0 atom stereocenters. The SMILES string of the molecule is CC=CC(=O)OCCC[SiH2]OC(C)C. The summed E-state index contributed by atoms with van der Waals surface area (Å²) in [6.07, 6.45) is 4.37. The van der Waals surface area contributed by atoms with Crippen molar-refractivity contribution in [2.24, 2.45) is 0 Å². The van der Waals surface area contributed by atoms with Crippen LogP contribution < -0.4 is 0 Å². The van der Waals surface area contributed by atoms with Crippen LogP contribution in [-0.2, 0) is 14.0 Å². The van der Waals surface area contributed by atoms with Crippen molar-refractivity contribution in [1.29, 1.82) is 0 Å². The molecule has 0 rings (SSSR count). The average Bonchev–Trinajstić information content (AvgIpc) is 2.11. The van der Waals surface area contributed by atoms with Gasteiger partial charge in [-0.3, -0.25) is 0 Å². The van der Waals surface area contributed by atoms with Crippen molar-refractivity contribution in [3.63, 3.8) is 0 Å². The van der Waals surface area contributed by atoms with Crippen LogP contribution in [0.5, 0.6) is 0 Å². The minimum absolute atomic E-state index is 0.251. The Morgan fingerprint density at radius 1 is 1.50 bits per heavy atom. The van der Waals surface area contributed by atoms with Crippen LogP contribution in [0.2, 0.25) is 6.04 Å². The molecule has 0 spiro atoms. The predicted molar refractivity (Wildman–Crippen MR) is 60.0 cm³/mol. The van der Waals surface area contributed by atoms with Gasteiger partial charge in [0.05, 0.1) is 6.61 Å². The Morgan fingerprint density at radius 2 is 2.21 bits per heavy atom. The maximum absolute atomic E-state index is 10.9. The number of hydrogen-bond acceptors (Lipinski definition) is 3. The summed E-state index contributed by atoms with van der Waals surface area (Å²) in [6.45, 7) is 6.39. The van der Waals surface area contributed by atoms with Crippen LogP contribution in [-0.4, -0.2) is 28.4 Å². The minimum Gasteiger partial charge on any atom is -0.463 e. The van der Waals surface area contributed by atoms with Crippen LogP contribution in [0.15, 0.2) is 12.2 Å². The summed E-state index contributed by atoms with van der Waals surface area (Å²) in [7, 11) is -0.402. The van der Waals surface area contributed by atoms with Crippen molar-refractivity contribution in [3.8, 4) is 0 Å². The summed E-state index contributed by atoms with van der Waals surface area (Å²) >= 11 is 0. The minimum atomic E-state index is -0.402. The van der Waals surface area contributed by atoms with Crippen molar-refractivity contribution < 1.29 is 14.0 Å². The molecule has 0 radical (unpaired) electrons. The highest BCUT2D eigenvalue weighted by molar-refractivity contribution is 6.27. The molecular weight excluding hydrogens is 196 g/mol. The van der Waals surface area contributed by atoms with Crippen molar-refractivity contribution in [2.45, 2.75) is 39.3 Å². The zero-order valence-electron chi connectivity index (χ0n) is 9.29. The Hall–Kier alpha value is -0.613. The van der Waals surface area contributed by atoms with E-state index < -0.39 is 9.76 Å². The monoisotopic (exact) mass is 216 g/mol. The predicted octanol–water partition coefficient (Wildman–Crippen LogP) is 1.42. The van der Waals surface area contributed by atoms with Crippen molar-refractivity contribution in [2.75, 3.05) is 6.61 Å². The van der Waals surface area contributed by atoms with Gasteiger partial charge in [-0.1, -0.05) is 6.08 Å². The zero-order valence-corrected chi connectivity index (χ0v) is 10.7. The van der Waals surface area contributed by atoms with Crippen molar-refractivity contribution in [1.82, 2.24) is 0 Å². The third-order valence-corrected chi connectivity index (χ3v) is 3.23. The second-order valence-corrected chi connectivity index (χ2v) is 4.74. The lowest BCUT2D eigenvalue weighted by atomic mass is 10.5. The number of allylic oxidation sites excluding steroid dienone is 1. The van der Waals surface area contributed by atoms with Crippen molar-refractivity contribution in [3.05, 3.63) is 12.2 Å². The van der Waals surface area contributed by atoms with E-state index in [1.165, 1.54) is 6.08 Å². The molecule has 0 aliphatic carbocycles. The zero-order chi connectivity index (χ0) is 10.8. The van der Waals surface area contributed by atoms with E-state index in [9.17, 15) is 4.79 Å². The summed E-state index contributed by atoms with van der Waals surface area (Å²) in [6, 6.07) is 1.07. The first-order valence-electron chi connectivity index (χ1n) is 5.08. The van der Waals surface area contributed by atoms with Crippen LogP contribution in [0.4, 0.5) is 0 Å². The average molecular weight is 216 g/mol. The fourth-order valence-corrected chi connectivity index (χ4v) is 1.93. The third-order valence-electron chi connectivity index (χ3n) is 1.54. The fraction of sp³-hybridized carbons (Fsp3) is 0.700. The number of ether oxygens (including phenoxy) is 1. The topological polar surface area (TPSA) is 35.5 Å². The van der Waals surface area contributed by atoms with E-state index >= 15 is 0 Å². The summed E-state index contributed by atoms with van der Waals surface area (Å²) in [5.74, 6) is -0.251. The smallest absolute Gasteiger partial charge is 0.330 e. The normalized spacial score (nSPS) is 12.0. The fourth-order valence-electron chi connectivity index (χ4n) is 0.880. The molecule has 0 aliphatic heterocycles. The molecule has 3 nitrogen and oxygen atoms in total. The van der Waals surface area contributed by atoms with E-state index in [0.29, 0.717) is 12.7 Å². The van der Waals surface area contributed by atoms with Gasteiger partial charge in [-0.2, -0.15) is 0 Å². The Labute approximate surface area is 88.4 Å². The molecule has 0 bridgehead atoms. The molecule has 0 saturated heterocycles. The Bertz CT molecular complexity index is 178. The molecule has 0 N–H and O–H groups in total. The molecule has 0 unspecified atom stereocenters. The maximum Gasteiger partial charge on any atom is 0.330 e. The van der Waals surface area contributed by atoms with Gasteiger partial charge < -0.3 is 9.16 Å². The quantitative estimate of drug-likeness (QED) is 0.279. The van der Waals surface area contributed by atoms with Crippen LogP contribution in [0.3, 0.4) is 0 Å². The van der Waals surface area contributed by atoms with Crippen LogP contribution in [0.1, 0.15) is 27.2 Å². The molecule has 14 heavy (non-hydrogen) atoms. The largest absolute Gasteiger partial charge is 0.463 e. The molecule has 82 valence electrons. The number of hydrogen-bond donors (Lipinski definition) is 0. The molecule has 0 fully saturated rings. The van der Waals surface area contributed by atoms with E-state index in [-0.39, 0.29) is 5.97 Å². The van der Waals surface area contributed by atoms with E-state index in [1.807, 2.05) is 13.8 Å². The maximum atomic E-state index is 10.9. The Kier molecular flexibility index (Phi) is 8.57. The standard InChI is InChI=1S/C10H20O3Si/c1-4-6-10(11)12-7-5-8-14-13-9(2)3/h4,6,9H,5,7-8,14H2,1-3H3. The summed E-state index contributed by atoms with van der Waals surface area (Å²) in [4.78, 5) is 10.9. The van der Waals surface area contributed by atoms with Gasteiger partial charge in [0.2, 0.25) is 0 Å². The van der Waals surface area contributed by atoms with Crippen molar-refractivity contribution >= 4 is 15.7 Å². The highest BCUT2D eigenvalue weighted by Gasteiger charge is 1.97. The number of carbonyl (C=O) groups excluding carboxylic acids is 1. The number of rotatable bonds is 7. The summed E-state index contributed by atoms with van der Waals surface area (Å²) in [5.41, 5.74) is 0. The molecular formula is C10H20O3Si. The number of esters is 1. The summed E-state index contributed by atoms with van der Waals surface area (Å²) in [5, 5.41) is 0. The van der Waals surface area contributed by atoms with Gasteiger partial charge in [0.1, 0.15) is 0 Å². The molecule has 0 aromatic heterocycles. The number of carbonyl (C=O) groups is 1. The highest BCUT2D eigenvalue weighted by Crippen LogP contribution is 1.94. The lowest BCUT2D eigenvalue weighted by Crippen LogP contribution is -2.08. The van der Waals surface area contributed by atoms with Gasteiger partial charge in [-0.05, 0) is 33.2 Å². The second kappa shape index (κ2) is 8.96. The first-order chi connectivity index (χ1) is 6.66. The van der Waals surface area contributed by atoms with E-state index in [4.69, 9.17) is 9.16 Å². The van der Waals surface area contributed by atoms with Crippen LogP contribution >= 0.6 is 0 Å². The van der Waals surface area contributed by atoms with Gasteiger partial charge in [0.25, 0.3) is 0 Å². The molecule has 0 aromatic carbocycles. The van der Waals surface area contributed by atoms with Gasteiger partial charge in [0, 0.05) is 12.2 Å². The molecule has 0 aliphatic rings. The Balaban J connectivity index is 3.17.